The van der Waals surface area contributed by atoms with E-state index < -0.39 is 0 Å². The summed E-state index contributed by atoms with van der Waals surface area (Å²) < 4.78 is 2.03. The van der Waals surface area contributed by atoms with Gasteiger partial charge in [-0.1, -0.05) is 18.9 Å². The van der Waals surface area contributed by atoms with Crippen molar-refractivity contribution < 1.29 is 4.79 Å². The molecular weight excluding hydrogens is 324 g/mol. The highest BCUT2D eigenvalue weighted by Gasteiger charge is 2.28. The quantitative estimate of drug-likeness (QED) is 0.784. The molecule has 24 heavy (non-hydrogen) atoms. The topological polar surface area (TPSA) is 51.0 Å². The van der Waals surface area contributed by atoms with E-state index in [1.165, 1.54) is 18.4 Å². The van der Waals surface area contributed by atoms with Crippen LogP contribution in [0.5, 0.6) is 0 Å². The monoisotopic (exact) mass is 344 g/mol. The van der Waals surface area contributed by atoms with Gasteiger partial charge in [-0.05, 0) is 36.4 Å². The molecule has 1 fully saturated rings. The first-order valence-electron chi connectivity index (χ1n) is 8.59. The van der Waals surface area contributed by atoms with Crippen molar-refractivity contribution >= 4 is 34.1 Å². The highest BCUT2D eigenvalue weighted by Crippen LogP contribution is 2.32. The van der Waals surface area contributed by atoms with Crippen molar-refractivity contribution in [2.75, 3.05) is 13.1 Å². The third kappa shape index (κ3) is 2.71. The summed E-state index contributed by atoms with van der Waals surface area (Å²) in [7, 11) is 1.99. The Hall–Kier alpha value is -1.88. The molecule has 5 nitrogen and oxygen atoms in total. The molecule has 2 aliphatic rings. The first-order chi connectivity index (χ1) is 11.6. The minimum Gasteiger partial charge on any atom is -0.347 e. The van der Waals surface area contributed by atoms with Gasteiger partial charge in [-0.2, -0.15) is 0 Å². The van der Waals surface area contributed by atoms with Gasteiger partial charge in [-0.25, -0.2) is 9.97 Å². The van der Waals surface area contributed by atoms with Gasteiger partial charge in [0.2, 0.25) is 11.2 Å². The molecule has 0 unspecified atom stereocenters. The minimum atomic E-state index is 0.254. The Kier molecular flexibility index (Phi) is 4.04. The van der Waals surface area contributed by atoms with E-state index >= 15 is 0 Å². The summed E-state index contributed by atoms with van der Waals surface area (Å²) in [5, 5.41) is 0.268. The molecule has 1 saturated carbocycles. The van der Waals surface area contributed by atoms with Crippen molar-refractivity contribution in [1.29, 1.82) is 0 Å². The zero-order valence-electron chi connectivity index (χ0n) is 13.8. The van der Waals surface area contributed by atoms with Crippen LogP contribution in [0.25, 0.3) is 16.6 Å². The number of carbonyl (C=O) groups is 1. The van der Waals surface area contributed by atoms with Gasteiger partial charge in [-0.15, -0.1) is 0 Å². The predicted molar refractivity (Wildman–Crippen MR) is 94.7 cm³/mol. The van der Waals surface area contributed by atoms with Gasteiger partial charge < -0.3 is 9.47 Å². The second-order valence-corrected chi connectivity index (χ2v) is 7.11. The molecule has 0 saturated heterocycles. The molecule has 0 radical (unpaired) electrons. The number of rotatable bonds is 2. The van der Waals surface area contributed by atoms with Crippen LogP contribution in [-0.4, -0.2) is 38.4 Å². The summed E-state index contributed by atoms with van der Waals surface area (Å²) in [5.41, 5.74) is 4.20. The minimum absolute atomic E-state index is 0.254. The smallest absolute Gasteiger partial charge is 0.225 e. The van der Waals surface area contributed by atoms with Crippen molar-refractivity contribution in [2.45, 2.75) is 32.1 Å². The summed E-state index contributed by atoms with van der Waals surface area (Å²) in [4.78, 5) is 23.0. The van der Waals surface area contributed by atoms with Crippen LogP contribution in [0.1, 0.15) is 37.7 Å². The van der Waals surface area contributed by atoms with Gasteiger partial charge in [0.1, 0.15) is 5.52 Å². The number of halogens is 1. The van der Waals surface area contributed by atoms with Gasteiger partial charge in [0.25, 0.3) is 0 Å². The van der Waals surface area contributed by atoms with E-state index in [1.807, 2.05) is 16.5 Å². The Morgan fingerprint density at radius 3 is 2.83 bits per heavy atom. The fraction of sp³-hybridized carbons (Fsp3) is 0.500. The Morgan fingerprint density at radius 2 is 2.12 bits per heavy atom. The van der Waals surface area contributed by atoms with Crippen LogP contribution in [-0.2, 0) is 11.8 Å². The number of fused-ring (bicyclic) bond motifs is 1. The molecule has 0 atom stereocenters. The number of aromatic nitrogens is 3. The molecule has 2 aromatic rings. The molecule has 126 valence electrons. The zero-order valence-corrected chi connectivity index (χ0v) is 14.6. The van der Waals surface area contributed by atoms with E-state index in [-0.39, 0.29) is 11.2 Å². The second kappa shape index (κ2) is 6.20. The molecule has 1 aliphatic carbocycles. The molecule has 4 rings (SSSR count). The molecule has 0 bridgehead atoms. The van der Waals surface area contributed by atoms with Gasteiger partial charge in [0.15, 0.2) is 0 Å². The SMILES string of the molecule is Cn1cc(C2=CCN(C(=O)C3CCCC3)CC2)c2nc(Cl)ncc21. The first kappa shape index (κ1) is 15.6. The molecule has 0 N–H and O–H groups in total. The van der Waals surface area contributed by atoms with Gasteiger partial charge >= 0.3 is 0 Å². The lowest BCUT2D eigenvalue weighted by Crippen LogP contribution is -2.38. The van der Waals surface area contributed by atoms with Crippen LogP contribution in [0.3, 0.4) is 0 Å². The van der Waals surface area contributed by atoms with Crippen molar-refractivity contribution in [1.82, 2.24) is 19.4 Å². The lowest BCUT2D eigenvalue weighted by molar-refractivity contribution is -0.134. The van der Waals surface area contributed by atoms with Crippen LogP contribution in [0.15, 0.2) is 18.5 Å². The molecule has 3 heterocycles. The molecule has 1 amide bonds. The third-order valence-electron chi connectivity index (χ3n) is 5.27. The molecule has 0 aromatic carbocycles. The second-order valence-electron chi connectivity index (χ2n) is 6.77. The Labute approximate surface area is 146 Å². The lowest BCUT2D eigenvalue weighted by atomic mass is 9.99. The summed E-state index contributed by atoms with van der Waals surface area (Å²) in [5.74, 6) is 0.593. The van der Waals surface area contributed by atoms with Crippen molar-refractivity contribution in [3.63, 3.8) is 0 Å². The molecule has 1 aliphatic heterocycles. The maximum Gasteiger partial charge on any atom is 0.225 e. The van der Waals surface area contributed by atoms with E-state index in [2.05, 4.69) is 22.2 Å². The van der Waals surface area contributed by atoms with Crippen LogP contribution in [0.4, 0.5) is 0 Å². The van der Waals surface area contributed by atoms with Crippen LogP contribution < -0.4 is 0 Å². The maximum atomic E-state index is 12.6. The van der Waals surface area contributed by atoms with E-state index in [0.29, 0.717) is 12.5 Å². The van der Waals surface area contributed by atoms with E-state index in [1.54, 1.807) is 6.20 Å². The third-order valence-corrected chi connectivity index (χ3v) is 5.45. The number of hydrogen-bond acceptors (Lipinski definition) is 3. The van der Waals surface area contributed by atoms with Crippen molar-refractivity contribution in [3.05, 3.63) is 29.3 Å². The standard InChI is InChI=1S/C18H21ClN4O/c1-22-11-14(16-15(22)10-20-18(19)21-16)12-6-8-23(9-7-12)17(24)13-4-2-3-5-13/h6,10-11,13H,2-5,7-9H2,1H3. The zero-order chi connectivity index (χ0) is 16.7. The average Bonchev–Trinajstić information content (AvgIpc) is 3.23. The van der Waals surface area contributed by atoms with Gasteiger partial charge in [0.05, 0.1) is 11.7 Å². The van der Waals surface area contributed by atoms with E-state index in [4.69, 9.17) is 11.6 Å². The predicted octanol–water partition coefficient (Wildman–Crippen LogP) is 3.43. The highest BCUT2D eigenvalue weighted by molar-refractivity contribution is 6.28. The molecular formula is C18H21ClN4O. The van der Waals surface area contributed by atoms with Crippen molar-refractivity contribution in [3.8, 4) is 0 Å². The Morgan fingerprint density at radius 1 is 1.33 bits per heavy atom. The number of nitrogens with zero attached hydrogens (tertiary/aromatic N) is 4. The molecule has 0 spiro atoms. The molecule has 6 heteroatoms. The molecule has 2 aromatic heterocycles. The summed E-state index contributed by atoms with van der Waals surface area (Å²) in [6.45, 7) is 1.48. The summed E-state index contributed by atoms with van der Waals surface area (Å²) >= 11 is 5.97. The Balaban J connectivity index is 1.58. The highest BCUT2D eigenvalue weighted by atomic mass is 35.5. The van der Waals surface area contributed by atoms with Crippen LogP contribution in [0, 0.1) is 5.92 Å². The number of amides is 1. The van der Waals surface area contributed by atoms with Gasteiger partial charge in [-0.3, -0.25) is 4.79 Å². The average molecular weight is 345 g/mol. The van der Waals surface area contributed by atoms with Crippen molar-refractivity contribution in [2.24, 2.45) is 13.0 Å². The largest absolute Gasteiger partial charge is 0.347 e. The first-order valence-corrected chi connectivity index (χ1v) is 8.97. The summed E-state index contributed by atoms with van der Waals surface area (Å²) in [6.07, 6.45) is 11.4. The fourth-order valence-electron chi connectivity index (χ4n) is 3.91. The van der Waals surface area contributed by atoms with E-state index in [0.717, 1.165) is 42.4 Å². The summed E-state index contributed by atoms with van der Waals surface area (Å²) in [6, 6.07) is 0. The number of hydrogen-bond donors (Lipinski definition) is 0. The van der Waals surface area contributed by atoms with Gasteiger partial charge in [0, 0.05) is 37.8 Å². The maximum absolute atomic E-state index is 12.6. The number of carbonyl (C=O) groups excluding carboxylic acids is 1. The van der Waals surface area contributed by atoms with Crippen LogP contribution >= 0.6 is 11.6 Å². The van der Waals surface area contributed by atoms with Crippen LogP contribution in [0.2, 0.25) is 5.28 Å². The Bertz CT molecular complexity index is 820. The fourth-order valence-corrected chi connectivity index (χ4v) is 4.05. The lowest BCUT2D eigenvalue weighted by Gasteiger charge is -2.28. The van der Waals surface area contributed by atoms with E-state index in [9.17, 15) is 4.79 Å². The normalized spacial score (nSPS) is 19.1. The number of aryl methyl sites for hydroxylation is 1.